The highest BCUT2D eigenvalue weighted by Crippen LogP contribution is 2.25. The molecule has 0 aliphatic carbocycles. The minimum Gasteiger partial charge on any atom is -0.444 e. The second-order valence-corrected chi connectivity index (χ2v) is 7.22. The van der Waals surface area contributed by atoms with Crippen LogP contribution in [-0.4, -0.2) is 58.6 Å². The van der Waals surface area contributed by atoms with Crippen LogP contribution in [0.25, 0.3) is 0 Å². The van der Waals surface area contributed by atoms with Gasteiger partial charge in [0.15, 0.2) is 0 Å². The van der Waals surface area contributed by atoms with Crippen LogP contribution in [0.5, 0.6) is 0 Å². The number of amides is 2. The summed E-state index contributed by atoms with van der Waals surface area (Å²) >= 11 is 1.46. The Morgan fingerprint density at radius 2 is 2.00 bits per heavy atom. The van der Waals surface area contributed by atoms with Crippen molar-refractivity contribution in [2.75, 3.05) is 19.6 Å². The highest BCUT2D eigenvalue weighted by Gasteiger charge is 2.36. The zero-order valence-electron chi connectivity index (χ0n) is 13.2. The van der Waals surface area contributed by atoms with E-state index in [1.807, 2.05) is 30.6 Å². The Kier molecular flexibility index (Phi) is 4.08. The number of aryl methyl sites for hydroxylation is 2. The molecule has 2 fully saturated rings. The molecule has 0 spiro atoms. The zero-order chi connectivity index (χ0) is 15.9. The van der Waals surface area contributed by atoms with E-state index in [0.717, 1.165) is 28.4 Å². The van der Waals surface area contributed by atoms with E-state index in [9.17, 15) is 9.59 Å². The maximum absolute atomic E-state index is 12.6. The number of carbonyl (C=O) groups excluding carboxylic acids is 2. The number of carbonyl (C=O) groups is 2. The third-order valence-electron chi connectivity index (χ3n) is 4.28. The van der Waals surface area contributed by atoms with Gasteiger partial charge in [-0.1, -0.05) is 0 Å². The molecule has 0 bridgehead atoms. The Morgan fingerprint density at radius 3 is 2.50 bits per heavy atom. The largest absolute Gasteiger partial charge is 0.444 e. The van der Waals surface area contributed by atoms with Crippen LogP contribution in [0.3, 0.4) is 0 Å². The number of nitrogens with zero attached hydrogens (tertiary/aromatic N) is 3. The monoisotopic (exact) mass is 323 g/mol. The summed E-state index contributed by atoms with van der Waals surface area (Å²) in [6.45, 7) is 7.72. The van der Waals surface area contributed by atoms with Gasteiger partial charge < -0.3 is 14.5 Å². The molecule has 0 N–H and O–H groups in total. The number of hydrogen-bond acceptors (Lipinski definition) is 5. The van der Waals surface area contributed by atoms with E-state index in [-0.39, 0.29) is 24.1 Å². The molecule has 1 atom stereocenters. The molecule has 2 amide bonds. The Hall–Kier alpha value is -1.63. The first-order valence-electron chi connectivity index (χ1n) is 7.66. The van der Waals surface area contributed by atoms with Crippen molar-refractivity contribution in [2.45, 2.75) is 45.8 Å². The molecule has 2 aliphatic heterocycles. The van der Waals surface area contributed by atoms with Gasteiger partial charge in [0.2, 0.25) is 0 Å². The van der Waals surface area contributed by atoms with Gasteiger partial charge in [0.05, 0.1) is 17.2 Å². The highest BCUT2D eigenvalue weighted by molar-refractivity contribution is 7.13. The minimum atomic E-state index is -0.216. The Morgan fingerprint density at radius 1 is 1.32 bits per heavy atom. The molecule has 2 aliphatic rings. The average Bonchev–Trinajstić information content (AvgIpc) is 2.99. The molecular weight excluding hydrogens is 302 g/mol. The van der Waals surface area contributed by atoms with Crippen LogP contribution in [0, 0.1) is 13.8 Å². The molecule has 1 aromatic heterocycles. The molecule has 7 heteroatoms. The van der Waals surface area contributed by atoms with Crippen molar-refractivity contribution in [3.05, 3.63) is 15.6 Å². The quantitative estimate of drug-likeness (QED) is 0.837. The number of likely N-dealkylation sites (tertiary alicyclic amines) is 1. The molecule has 3 heterocycles. The maximum Gasteiger partial charge on any atom is 0.410 e. The SMILES string of the molecule is Cc1nc(C)c(C(=O)N2CCC(N3CC(C)OC3=O)CC2)s1. The number of rotatable bonds is 2. The van der Waals surface area contributed by atoms with Crippen molar-refractivity contribution in [2.24, 2.45) is 0 Å². The first kappa shape index (κ1) is 15.3. The molecule has 0 radical (unpaired) electrons. The lowest BCUT2D eigenvalue weighted by atomic mass is 10.0. The van der Waals surface area contributed by atoms with Gasteiger partial charge in [0.25, 0.3) is 5.91 Å². The van der Waals surface area contributed by atoms with Gasteiger partial charge in [-0.3, -0.25) is 4.79 Å². The van der Waals surface area contributed by atoms with Crippen LogP contribution in [0.4, 0.5) is 4.79 Å². The molecule has 1 unspecified atom stereocenters. The lowest BCUT2D eigenvalue weighted by Gasteiger charge is -2.35. The standard InChI is InChI=1S/C15H21N3O3S/c1-9-8-18(15(20)21-9)12-4-6-17(7-5-12)14(19)13-10(2)16-11(3)22-13/h9,12H,4-8H2,1-3H3. The lowest BCUT2D eigenvalue weighted by Crippen LogP contribution is -2.47. The predicted molar refractivity (Wildman–Crippen MR) is 83.2 cm³/mol. The molecule has 120 valence electrons. The van der Waals surface area contributed by atoms with Gasteiger partial charge in [-0.2, -0.15) is 0 Å². The topological polar surface area (TPSA) is 62.7 Å². The molecular formula is C15H21N3O3S. The van der Waals surface area contributed by atoms with Gasteiger partial charge in [-0.25, -0.2) is 9.78 Å². The van der Waals surface area contributed by atoms with Crippen LogP contribution in [-0.2, 0) is 4.74 Å². The third-order valence-corrected chi connectivity index (χ3v) is 5.34. The Bertz CT molecular complexity index is 593. The van der Waals surface area contributed by atoms with Crippen LogP contribution < -0.4 is 0 Å². The van der Waals surface area contributed by atoms with E-state index in [2.05, 4.69) is 4.98 Å². The fourth-order valence-corrected chi connectivity index (χ4v) is 4.07. The summed E-state index contributed by atoms with van der Waals surface area (Å²) in [4.78, 5) is 33.1. The average molecular weight is 323 g/mol. The molecule has 0 aromatic carbocycles. The number of piperidine rings is 1. The highest BCUT2D eigenvalue weighted by atomic mass is 32.1. The van der Waals surface area contributed by atoms with E-state index in [1.54, 1.807) is 0 Å². The predicted octanol–water partition coefficient (Wildman–Crippen LogP) is 2.21. The number of hydrogen-bond donors (Lipinski definition) is 0. The fraction of sp³-hybridized carbons (Fsp3) is 0.667. The van der Waals surface area contributed by atoms with E-state index in [0.29, 0.717) is 19.6 Å². The summed E-state index contributed by atoms with van der Waals surface area (Å²) in [7, 11) is 0. The fourth-order valence-electron chi connectivity index (χ4n) is 3.18. The van der Waals surface area contributed by atoms with Crippen molar-refractivity contribution in [1.82, 2.24) is 14.8 Å². The van der Waals surface area contributed by atoms with Gasteiger partial charge in [0.1, 0.15) is 11.0 Å². The normalized spacial score (nSPS) is 23.0. The zero-order valence-corrected chi connectivity index (χ0v) is 14.0. The summed E-state index contributed by atoms with van der Waals surface area (Å²) < 4.78 is 5.19. The van der Waals surface area contributed by atoms with Gasteiger partial charge in [-0.15, -0.1) is 11.3 Å². The number of thiazole rings is 1. The van der Waals surface area contributed by atoms with Crippen molar-refractivity contribution in [3.8, 4) is 0 Å². The van der Waals surface area contributed by atoms with E-state index in [1.165, 1.54) is 11.3 Å². The van der Waals surface area contributed by atoms with Crippen LogP contribution >= 0.6 is 11.3 Å². The number of aromatic nitrogens is 1. The van der Waals surface area contributed by atoms with Crippen LogP contribution in [0.1, 0.15) is 40.1 Å². The van der Waals surface area contributed by atoms with E-state index >= 15 is 0 Å². The second-order valence-electron chi connectivity index (χ2n) is 6.02. The number of ether oxygens (including phenoxy) is 1. The van der Waals surface area contributed by atoms with Crippen molar-refractivity contribution in [1.29, 1.82) is 0 Å². The molecule has 1 aromatic rings. The lowest BCUT2D eigenvalue weighted by molar-refractivity contribution is 0.0662. The first-order chi connectivity index (χ1) is 10.5. The Labute approximate surface area is 134 Å². The van der Waals surface area contributed by atoms with Gasteiger partial charge in [0, 0.05) is 19.1 Å². The molecule has 3 rings (SSSR count). The summed E-state index contributed by atoms with van der Waals surface area (Å²) in [6.07, 6.45) is 1.37. The van der Waals surface area contributed by atoms with Crippen LogP contribution in [0.2, 0.25) is 0 Å². The number of cyclic esters (lactones) is 1. The van der Waals surface area contributed by atoms with Crippen molar-refractivity contribution in [3.63, 3.8) is 0 Å². The Balaban J connectivity index is 1.61. The summed E-state index contributed by atoms with van der Waals surface area (Å²) in [6, 6.07) is 0.186. The maximum atomic E-state index is 12.6. The molecule has 2 saturated heterocycles. The molecule has 6 nitrogen and oxygen atoms in total. The summed E-state index contributed by atoms with van der Waals surface area (Å²) in [5.41, 5.74) is 0.812. The molecule has 22 heavy (non-hydrogen) atoms. The van der Waals surface area contributed by atoms with E-state index < -0.39 is 0 Å². The summed E-state index contributed by atoms with van der Waals surface area (Å²) in [5.74, 6) is 0.0684. The minimum absolute atomic E-state index is 0.0324. The van der Waals surface area contributed by atoms with Crippen molar-refractivity contribution < 1.29 is 14.3 Å². The van der Waals surface area contributed by atoms with Gasteiger partial charge >= 0.3 is 6.09 Å². The second kappa shape index (κ2) is 5.87. The smallest absolute Gasteiger partial charge is 0.410 e. The van der Waals surface area contributed by atoms with Gasteiger partial charge in [-0.05, 0) is 33.6 Å². The first-order valence-corrected chi connectivity index (χ1v) is 8.48. The summed E-state index contributed by atoms with van der Waals surface area (Å²) in [5, 5.41) is 0.921. The van der Waals surface area contributed by atoms with Crippen LogP contribution in [0.15, 0.2) is 0 Å². The van der Waals surface area contributed by atoms with Crippen molar-refractivity contribution >= 4 is 23.3 Å². The van der Waals surface area contributed by atoms with E-state index in [4.69, 9.17) is 4.74 Å². The third kappa shape index (κ3) is 2.82. The molecule has 0 saturated carbocycles.